The van der Waals surface area contributed by atoms with E-state index >= 15 is 0 Å². The highest BCUT2D eigenvalue weighted by Crippen LogP contribution is 2.31. The summed E-state index contributed by atoms with van der Waals surface area (Å²) in [5.74, 6) is 0. The van der Waals surface area contributed by atoms with Gasteiger partial charge in [-0.25, -0.2) is 4.79 Å². The normalized spacial score (nSPS) is 25.6. The first-order valence-electron chi connectivity index (χ1n) is 8.61. The van der Waals surface area contributed by atoms with Crippen LogP contribution in [0.2, 0.25) is 0 Å². The number of hydrogen-bond acceptors (Lipinski definition) is 4. The van der Waals surface area contributed by atoms with Crippen LogP contribution in [0.1, 0.15) is 53.4 Å². The second-order valence-electron chi connectivity index (χ2n) is 7.96. The molecule has 1 aliphatic carbocycles. The molecule has 2 atom stereocenters. The molecule has 0 saturated carbocycles. The van der Waals surface area contributed by atoms with Gasteiger partial charge >= 0.3 is 6.09 Å². The monoisotopic (exact) mass is 326 g/mol. The number of allylic oxidation sites excluding steroid dienone is 1. The Labute approximate surface area is 141 Å². The molecule has 0 aromatic carbocycles. The zero-order valence-corrected chi connectivity index (χ0v) is 15.4. The van der Waals surface area contributed by atoms with E-state index in [0.29, 0.717) is 6.54 Å². The van der Waals surface area contributed by atoms with E-state index < -0.39 is 5.60 Å². The standard InChI is InChI=1S/C18H34N2O3/c1-17(2,3)23-16(22)20(5)13-12-19-14-18(4)10-7-6-8-15(21)9-11-18/h6,8,15,19,21H,7,9-14H2,1-5H3. The van der Waals surface area contributed by atoms with Gasteiger partial charge in [-0.3, -0.25) is 0 Å². The molecule has 0 aliphatic heterocycles. The third-order valence-corrected chi connectivity index (χ3v) is 4.20. The summed E-state index contributed by atoms with van der Waals surface area (Å²) in [6.45, 7) is 10.1. The molecule has 1 aliphatic rings. The van der Waals surface area contributed by atoms with Gasteiger partial charge in [-0.2, -0.15) is 0 Å². The maximum Gasteiger partial charge on any atom is 0.410 e. The number of ether oxygens (including phenoxy) is 1. The molecule has 0 fully saturated rings. The Morgan fingerprint density at radius 1 is 1.43 bits per heavy atom. The van der Waals surface area contributed by atoms with Crippen molar-refractivity contribution in [3.63, 3.8) is 0 Å². The molecule has 2 unspecified atom stereocenters. The first-order chi connectivity index (χ1) is 10.6. The summed E-state index contributed by atoms with van der Waals surface area (Å²) in [5.41, 5.74) is -0.268. The Kier molecular flexibility index (Phi) is 7.55. The average Bonchev–Trinajstić information content (AvgIpc) is 2.43. The third-order valence-electron chi connectivity index (χ3n) is 4.20. The molecule has 0 saturated heterocycles. The number of likely N-dealkylation sites (N-methyl/N-ethyl adjacent to an activating group) is 1. The topological polar surface area (TPSA) is 61.8 Å². The van der Waals surface area contributed by atoms with Crippen molar-refractivity contribution in [3.05, 3.63) is 12.2 Å². The van der Waals surface area contributed by atoms with Crippen LogP contribution in [0.15, 0.2) is 12.2 Å². The number of rotatable bonds is 5. The third kappa shape index (κ3) is 8.37. The molecule has 2 N–H and O–H groups in total. The van der Waals surface area contributed by atoms with E-state index in [2.05, 4.69) is 18.3 Å². The lowest BCUT2D eigenvalue weighted by atomic mass is 9.79. The van der Waals surface area contributed by atoms with Crippen LogP contribution in [-0.2, 0) is 4.74 Å². The van der Waals surface area contributed by atoms with Crippen molar-refractivity contribution >= 4 is 6.09 Å². The first-order valence-corrected chi connectivity index (χ1v) is 8.61. The van der Waals surface area contributed by atoms with Gasteiger partial charge in [0, 0.05) is 26.7 Å². The van der Waals surface area contributed by atoms with Gasteiger partial charge in [-0.1, -0.05) is 19.1 Å². The Hall–Kier alpha value is -1.07. The van der Waals surface area contributed by atoms with Crippen LogP contribution in [0.4, 0.5) is 4.79 Å². The zero-order chi connectivity index (χ0) is 17.5. The molecule has 0 radical (unpaired) electrons. The van der Waals surface area contributed by atoms with Crippen LogP contribution >= 0.6 is 0 Å². The predicted octanol–water partition coefficient (Wildman–Crippen LogP) is 2.94. The highest BCUT2D eigenvalue weighted by molar-refractivity contribution is 5.67. The van der Waals surface area contributed by atoms with Crippen LogP contribution in [0.3, 0.4) is 0 Å². The first kappa shape index (κ1) is 20.0. The highest BCUT2D eigenvalue weighted by Gasteiger charge is 2.25. The van der Waals surface area contributed by atoms with E-state index in [4.69, 9.17) is 4.74 Å². The summed E-state index contributed by atoms with van der Waals surface area (Å²) in [4.78, 5) is 13.5. The van der Waals surface area contributed by atoms with Crippen LogP contribution in [-0.4, -0.2) is 54.5 Å². The Morgan fingerprint density at radius 3 is 2.78 bits per heavy atom. The van der Waals surface area contributed by atoms with Crippen LogP contribution < -0.4 is 5.32 Å². The van der Waals surface area contributed by atoms with Crippen molar-refractivity contribution in [3.8, 4) is 0 Å². The zero-order valence-electron chi connectivity index (χ0n) is 15.4. The molecule has 1 amide bonds. The second-order valence-corrected chi connectivity index (χ2v) is 7.96. The lowest BCUT2D eigenvalue weighted by molar-refractivity contribution is 0.0299. The van der Waals surface area contributed by atoms with Gasteiger partial charge in [-0.15, -0.1) is 0 Å². The minimum Gasteiger partial charge on any atom is -0.444 e. The minimum atomic E-state index is -0.459. The lowest BCUT2D eigenvalue weighted by Crippen LogP contribution is -2.40. The summed E-state index contributed by atoms with van der Waals surface area (Å²) in [6.07, 6.45) is 7.33. The molecule has 1 rings (SSSR count). The summed E-state index contributed by atoms with van der Waals surface area (Å²) >= 11 is 0. The van der Waals surface area contributed by atoms with Gasteiger partial charge in [0.1, 0.15) is 5.60 Å². The van der Waals surface area contributed by atoms with Gasteiger partial charge in [0.15, 0.2) is 0 Å². The Bertz CT molecular complexity index is 404. The molecule has 0 spiro atoms. The number of carbonyl (C=O) groups is 1. The Morgan fingerprint density at radius 2 is 2.13 bits per heavy atom. The summed E-state index contributed by atoms with van der Waals surface area (Å²) in [6, 6.07) is 0. The largest absolute Gasteiger partial charge is 0.444 e. The maximum atomic E-state index is 11.9. The van der Waals surface area contributed by atoms with E-state index in [-0.39, 0.29) is 17.6 Å². The van der Waals surface area contributed by atoms with Crippen molar-refractivity contribution in [1.29, 1.82) is 0 Å². The average molecular weight is 326 g/mol. The van der Waals surface area contributed by atoms with Crippen LogP contribution in [0.5, 0.6) is 0 Å². The maximum absolute atomic E-state index is 11.9. The van der Waals surface area contributed by atoms with Crippen molar-refractivity contribution in [2.75, 3.05) is 26.7 Å². The fourth-order valence-corrected chi connectivity index (χ4v) is 2.65. The second kappa shape index (κ2) is 8.69. The van der Waals surface area contributed by atoms with Crippen molar-refractivity contribution in [1.82, 2.24) is 10.2 Å². The predicted molar refractivity (Wildman–Crippen MR) is 93.5 cm³/mol. The summed E-state index contributed by atoms with van der Waals surface area (Å²) in [5, 5.41) is 13.2. The molecular weight excluding hydrogens is 292 g/mol. The molecule has 0 heterocycles. The van der Waals surface area contributed by atoms with Gasteiger partial charge in [-0.05, 0) is 51.9 Å². The van der Waals surface area contributed by atoms with E-state index in [1.165, 1.54) is 0 Å². The van der Waals surface area contributed by atoms with E-state index in [1.54, 1.807) is 11.9 Å². The summed E-state index contributed by atoms with van der Waals surface area (Å²) < 4.78 is 5.33. The number of aliphatic hydroxyl groups excluding tert-OH is 1. The van der Waals surface area contributed by atoms with Crippen LogP contribution in [0.25, 0.3) is 0 Å². The number of aliphatic hydroxyl groups is 1. The fraction of sp³-hybridized carbons (Fsp3) is 0.833. The number of hydrogen-bond donors (Lipinski definition) is 2. The van der Waals surface area contributed by atoms with Gasteiger partial charge < -0.3 is 20.1 Å². The Balaban J connectivity index is 2.30. The van der Waals surface area contributed by atoms with Gasteiger partial charge in [0.05, 0.1) is 6.10 Å². The minimum absolute atomic E-state index is 0.191. The smallest absolute Gasteiger partial charge is 0.410 e. The fourth-order valence-electron chi connectivity index (χ4n) is 2.65. The van der Waals surface area contributed by atoms with E-state index in [1.807, 2.05) is 26.8 Å². The van der Waals surface area contributed by atoms with Crippen molar-refractivity contribution in [2.24, 2.45) is 5.41 Å². The van der Waals surface area contributed by atoms with Crippen molar-refractivity contribution in [2.45, 2.75) is 65.1 Å². The molecular formula is C18H34N2O3. The molecule has 5 nitrogen and oxygen atoms in total. The highest BCUT2D eigenvalue weighted by atomic mass is 16.6. The number of nitrogens with zero attached hydrogens (tertiary/aromatic N) is 1. The molecule has 23 heavy (non-hydrogen) atoms. The SMILES string of the molecule is CN(CCNCC1(C)CCC=CC(O)CC1)C(=O)OC(C)(C)C. The lowest BCUT2D eigenvalue weighted by Gasteiger charge is -2.32. The molecule has 0 aromatic heterocycles. The quantitative estimate of drug-likeness (QED) is 0.602. The van der Waals surface area contributed by atoms with E-state index in [9.17, 15) is 9.90 Å². The molecule has 5 heteroatoms. The number of nitrogens with one attached hydrogen (secondary N) is 1. The van der Waals surface area contributed by atoms with Gasteiger partial charge in [0.25, 0.3) is 0 Å². The van der Waals surface area contributed by atoms with Gasteiger partial charge in [0.2, 0.25) is 0 Å². The molecule has 0 aromatic rings. The molecule has 0 bridgehead atoms. The number of carbonyl (C=O) groups excluding carboxylic acids is 1. The van der Waals surface area contributed by atoms with Crippen molar-refractivity contribution < 1.29 is 14.6 Å². The van der Waals surface area contributed by atoms with E-state index in [0.717, 1.165) is 38.8 Å². The molecule has 134 valence electrons. The van der Waals surface area contributed by atoms with Crippen LogP contribution in [0, 0.1) is 5.41 Å². The number of amides is 1. The summed E-state index contributed by atoms with van der Waals surface area (Å²) in [7, 11) is 1.76.